The zero-order chi connectivity index (χ0) is 17.9. The zero-order valence-corrected chi connectivity index (χ0v) is 15.0. The van der Waals surface area contributed by atoms with Crippen molar-refractivity contribution in [3.8, 4) is 0 Å². The molecule has 2 fully saturated rings. The van der Waals surface area contributed by atoms with Crippen LogP contribution >= 0.6 is 0 Å². The fourth-order valence-electron chi connectivity index (χ4n) is 3.72. The lowest BCUT2D eigenvalue weighted by Gasteiger charge is -2.33. The van der Waals surface area contributed by atoms with Crippen LogP contribution < -0.4 is 10.6 Å². The molecule has 1 aromatic rings. The Morgan fingerprint density at radius 3 is 2.88 bits per heavy atom. The molecular weight excluding hydrogens is 318 g/mol. The summed E-state index contributed by atoms with van der Waals surface area (Å²) >= 11 is 0. The normalized spacial score (nSPS) is 24.4. The Morgan fingerprint density at radius 1 is 1.40 bits per heavy atom. The molecule has 1 aromatic heterocycles. The van der Waals surface area contributed by atoms with Crippen molar-refractivity contribution in [3.05, 3.63) is 30.1 Å². The van der Waals surface area contributed by atoms with E-state index in [4.69, 9.17) is 0 Å². The van der Waals surface area contributed by atoms with Crippen molar-refractivity contribution in [2.75, 3.05) is 32.7 Å². The highest BCUT2D eigenvalue weighted by molar-refractivity contribution is 5.80. The van der Waals surface area contributed by atoms with Crippen molar-refractivity contribution < 1.29 is 9.59 Å². The molecule has 3 amide bonds. The number of hydrogen-bond donors (Lipinski definition) is 2. The predicted octanol–water partition coefficient (Wildman–Crippen LogP) is 0.824. The van der Waals surface area contributed by atoms with Crippen molar-refractivity contribution >= 4 is 11.9 Å². The van der Waals surface area contributed by atoms with Crippen LogP contribution in [0.4, 0.5) is 4.79 Å². The number of carbonyl (C=O) groups is 2. The molecule has 0 aliphatic carbocycles. The van der Waals surface area contributed by atoms with Gasteiger partial charge in [0, 0.05) is 69.5 Å². The number of nitrogens with zero attached hydrogens (tertiary/aromatic N) is 3. The smallest absolute Gasteiger partial charge is 0.317 e. The first kappa shape index (κ1) is 17.7. The first-order valence-electron chi connectivity index (χ1n) is 8.89. The summed E-state index contributed by atoms with van der Waals surface area (Å²) in [6.45, 7) is 8.18. The maximum atomic E-state index is 12.5. The van der Waals surface area contributed by atoms with Gasteiger partial charge in [-0.05, 0) is 25.5 Å². The standard InChI is InChI=1S/C18H27N5O2/c1-14(2)21-17(25)23-7-6-22(10-15-4-3-5-19-9-15)12-18(13-23)8-16(24)20-11-18/h3-5,9,14H,6-8,10-13H2,1-2H3,(H,20,24)(H,21,25)/t18-/m0/s1. The van der Waals surface area contributed by atoms with Crippen molar-refractivity contribution in [2.45, 2.75) is 32.9 Å². The van der Waals surface area contributed by atoms with E-state index in [1.807, 2.05) is 31.0 Å². The third-order valence-electron chi connectivity index (χ3n) is 4.80. The van der Waals surface area contributed by atoms with Crippen LogP contribution in [0.1, 0.15) is 25.8 Å². The summed E-state index contributed by atoms with van der Waals surface area (Å²) in [5.41, 5.74) is 0.930. The van der Waals surface area contributed by atoms with Crippen molar-refractivity contribution in [1.29, 1.82) is 0 Å². The molecule has 2 aliphatic rings. The maximum absolute atomic E-state index is 12.5. The molecule has 1 atom stereocenters. The Kier molecular flexibility index (Phi) is 5.22. The number of pyridine rings is 1. The van der Waals surface area contributed by atoms with E-state index in [0.717, 1.165) is 25.2 Å². The fourth-order valence-corrected chi connectivity index (χ4v) is 3.72. The minimum absolute atomic E-state index is 0.0445. The van der Waals surface area contributed by atoms with Crippen LogP contribution in [-0.4, -0.2) is 65.5 Å². The Bertz CT molecular complexity index is 621. The Hall–Kier alpha value is -2.15. The molecule has 25 heavy (non-hydrogen) atoms. The quantitative estimate of drug-likeness (QED) is 0.850. The number of nitrogens with one attached hydrogen (secondary N) is 2. The number of urea groups is 1. The molecule has 3 rings (SSSR count). The first-order chi connectivity index (χ1) is 12.0. The average molecular weight is 345 g/mol. The van der Waals surface area contributed by atoms with E-state index in [2.05, 4.69) is 26.6 Å². The highest BCUT2D eigenvalue weighted by Crippen LogP contribution is 2.31. The summed E-state index contributed by atoms with van der Waals surface area (Å²) in [5, 5.41) is 5.93. The predicted molar refractivity (Wildman–Crippen MR) is 94.8 cm³/mol. The Labute approximate surface area is 148 Å². The van der Waals surface area contributed by atoms with Crippen molar-refractivity contribution in [2.24, 2.45) is 5.41 Å². The SMILES string of the molecule is CC(C)NC(=O)N1CCN(Cc2cccnc2)C[C@]2(CNC(=O)C2)C1. The van der Waals surface area contributed by atoms with Gasteiger partial charge in [-0.3, -0.25) is 14.7 Å². The summed E-state index contributed by atoms with van der Waals surface area (Å²) in [5.74, 6) is 0.0763. The van der Waals surface area contributed by atoms with E-state index in [1.165, 1.54) is 0 Å². The molecule has 0 bridgehead atoms. The second kappa shape index (κ2) is 7.39. The van der Waals surface area contributed by atoms with Gasteiger partial charge in [-0.25, -0.2) is 4.79 Å². The third-order valence-corrected chi connectivity index (χ3v) is 4.80. The van der Waals surface area contributed by atoms with Gasteiger partial charge in [0.2, 0.25) is 5.91 Å². The van der Waals surface area contributed by atoms with Gasteiger partial charge < -0.3 is 15.5 Å². The number of aromatic nitrogens is 1. The van der Waals surface area contributed by atoms with Gasteiger partial charge in [-0.2, -0.15) is 0 Å². The van der Waals surface area contributed by atoms with Gasteiger partial charge in [0.15, 0.2) is 0 Å². The zero-order valence-electron chi connectivity index (χ0n) is 15.0. The molecule has 0 unspecified atom stereocenters. The molecule has 7 heteroatoms. The minimum atomic E-state index is -0.218. The van der Waals surface area contributed by atoms with Gasteiger partial charge in [0.05, 0.1) is 0 Å². The van der Waals surface area contributed by atoms with Crippen LogP contribution in [0, 0.1) is 5.41 Å². The van der Waals surface area contributed by atoms with Crippen LogP contribution in [0.3, 0.4) is 0 Å². The van der Waals surface area contributed by atoms with Gasteiger partial charge in [-0.15, -0.1) is 0 Å². The van der Waals surface area contributed by atoms with Crippen molar-refractivity contribution in [1.82, 2.24) is 25.4 Å². The molecule has 2 aliphatic heterocycles. The van der Waals surface area contributed by atoms with E-state index in [9.17, 15) is 9.59 Å². The van der Waals surface area contributed by atoms with Gasteiger partial charge in [-0.1, -0.05) is 6.07 Å². The molecule has 0 aromatic carbocycles. The number of carbonyl (C=O) groups excluding carboxylic acids is 2. The van der Waals surface area contributed by atoms with Gasteiger partial charge >= 0.3 is 6.03 Å². The average Bonchev–Trinajstić information content (AvgIpc) is 2.81. The summed E-state index contributed by atoms with van der Waals surface area (Å²) < 4.78 is 0. The maximum Gasteiger partial charge on any atom is 0.317 e. The largest absolute Gasteiger partial charge is 0.355 e. The van der Waals surface area contributed by atoms with Crippen LogP contribution in [0.5, 0.6) is 0 Å². The molecule has 2 N–H and O–H groups in total. The Morgan fingerprint density at radius 2 is 2.24 bits per heavy atom. The number of hydrogen-bond acceptors (Lipinski definition) is 4. The van der Waals surface area contributed by atoms with Crippen LogP contribution in [-0.2, 0) is 11.3 Å². The molecule has 3 heterocycles. The fraction of sp³-hybridized carbons (Fsp3) is 0.611. The van der Waals surface area contributed by atoms with E-state index in [1.54, 1.807) is 6.20 Å². The summed E-state index contributed by atoms with van der Waals surface area (Å²) in [7, 11) is 0. The minimum Gasteiger partial charge on any atom is -0.355 e. The molecule has 2 saturated heterocycles. The lowest BCUT2D eigenvalue weighted by molar-refractivity contribution is -0.119. The van der Waals surface area contributed by atoms with E-state index >= 15 is 0 Å². The Balaban J connectivity index is 1.75. The molecule has 7 nitrogen and oxygen atoms in total. The van der Waals surface area contributed by atoms with E-state index < -0.39 is 0 Å². The molecule has 1 spiro atoms. The van der Waals surface area contributed by atoms with E-state index in [-0.39, 0.29) is 23.4 Å². The van der Waals surface area contributed by atoms with Crippen molar-refractivity contribution in [3.63, 3.8) is 0 Å². The molecular formula is C18H27N5O2. The van der Waals surface area contributed by atoms with Crippen LogP contribution in [0.2, 0.25) is 0 Å². The third kappa shape index (κ3) is 4.48. The molecule has 0 radical (unpaired) electrons. The lowest BCUT2D eigenvalue weighted by Crippen LogP contribution is -2.48. The topological polar surface area (TPSA) is 77.6 Å². The molecule has 0 saturated carbocycles. The monoisotopic (exact) mass is 345 g/mol. The van der Waals surface area contributed by atoms with Gasteiger partial charge in [0.1, 0.15) is 0 Å². The second-order valence-corrected chi connectivity index (χ2v) is 7.55. The van der Waals surface area contributed by atoms with E-state index in [0.29, 0.717) is 26.1 Å². The summed E-state index contributed by atoms with van der Waals surface area (Å²) in [6.07, 6.45) is 4.12. The summed E-state index contributed by atoms with van der Waals surface area (Å²) in [6, 6.07) is 4.05. The first-order valence-corrected chi connectivity index (χ1v) is 8.89. The van der Waals surface area contributed by atoms with Crippen LogP contribution in [0.25, 0.3) is 0 Å². The second-order valence-electron chi connectivity index (χ2n) is 7.55. The lowest BCUT2D eigenvalue weighted by atomic mass is 9.86. The highest BCUT2D eigenvalue weighted by atomic mass is 16.2. The number of amides is 3. The number of rotatable bonds is 3. The highest BCUT2D eigenvalue weighted by Gasteiger charge is 2.43. The van der Waals surface area contributed by atoms with Gasteiger partial charge in [0.25, 0.3) is 0 Å². The molecule has 136 valence electrons. The van der Waals surface area contributed by atoms with Crippen LogP contribution in [0.15, 0.2) is 24.5 Å². The summed E-state index contributed by atoms with van der Waals surface area (Å²) in [4.78, 5) is 32.8.